The number of likely N-dealkylation sites (tertiary alicyclic amines) is 2. The molecule has 0 saturated carbocycles. The summed E-state index contributed by atoms with van der Waals surface area (Å²) in [4.78, 5) is 9.66. The van der Waals surface area contributed by atoms with Gasteiger partial charge in [0, 0.05) is 25.7 Å². The van der Waals surface area contributed by atoms with Gasteiger partial charge in [-0.25, -0.2) is 0 Å². The van der Waals surface area contributed by atoms with E-state index >= 15 is 0 Å². The first-order chi connectivity index (χ1) is 15.5. The van der Waals surface area contributed by atoms with Gasteiger partial charge in [0.05, 0.1) is 21.3 Å². The summed E-state index contributed by atoms with van der Waals surface area (Å²) in [6.07, 6.45) is 6.37. The minimum atomic E-state index is 0.205. The van der Waals surface area contributed by atoms with Crippen LogP contribution in [0.25, 0.3) is 0 Å². The van der Waals surface area contributed by atoms with Crippen molar-refractivity contribution in [2.75, 3.05) is 68.1 Å². The highest BCUT2D eigenvalue weighted by atomic mass is 16.5. The molecule has 2 saturated heterocycles. The largest absolute Gasteiger partial charge is 0.493 e. The van der Waals surface area contributed by atoms with E-state index < -0.39 is 0 Å². The van der Waals surface area contributed by atoms with E-state index in [1.807, 2.05) is 19.2 Å². The second kappa shape index (κ2) is 11.6. The Morgan fingerprint density at radius 1 is 0.938 bits per heavy atom. The normalized spacial score (nSPS) is 20.0. The van der Waals surface area contributed by atoms with Gasteiger partial charge in [0.15, 0.2) is 17.5 Å². The number of ether oxygens (including phenoxy) is 3. The molecule has 8 heteroatoms. The smallest absolute Gasteiger partial charge is 0.203 e. The molecule has 2 heterocycles. The first kappa shape index (κ1) is 24.5. The molecule has 8 nitrogen and oxygen atoms in total. The van der Waals surface area contributed by atoms with Crippen LogP contribution in [-0.2, 0) is 6.54 Å². The number of hydrogen-bond donors (Lipinski definition) is 2. The average molecular weight is 448 g/mol. The van der Waals surface area contributed by atoms with Crippen LogP contribution in [0.4, 0.5) is 0 Å². The zero-order valence-corrected chi connectivity index (χ0v) is 20.5. The Balaban J connectivity index is 1.64. The molecule has 0 spiro atoms. The molecule has 0 aromatic heterocycles. The molecule has 180 valence electrons. The van der Waals surface area contributed by atoms with E-state index in [4.69, 9.17) is 14.2 Å². The lowest BCUT2D eigenvalue weighted by Gasteiger charge is -2.50. The van der Waals surface area contributed by atoms with Gasteiger partial charge in [-0.3, -0.25) is 9.89 Å². The Morgan fingerprint density at radius 3 is 2.09 bits per heavy atom. The summed E-state index contributed by atoms with van der Waals surface area (Å²) in [6.45, 7) is 6.24. The predicted octanol–water partition coefficient (Wildman–Crippen LogP) is 2.33. The van der Waals surface area contributed by atoms with Gasteiger partial charge in [-0.2, -0.15) is 0 Å². The molecule has 2 aliphatic heterocycles. The van der Waals surface area contributed by atoms with E-state index in [2.05, 4.69) is 32.5 Å². The van der Waals surface area contributed by atoms with Crippen molar-refractivity contribution in [3.05, 3.63) is 17.7 Å². The molecule has 0 amide bonds. The van der Waals surface area contributed by atoms with Crippen LogP contribution >= 0.6 is 0 Å². The highest BCUT2D eigenvalue weighted by molar-refractivity contribution is 5.79. The molecule has 3 rings (SSSR count). The fraction of sp³-hybridized carbons (Fsp3) is 0.708. The topological polar surface area (TPSA) is 70.6 Å². The third kappa shape index (κ3) is 5.78. The first-order valence-corrected chi connectivity index (χ1v) is 11.7. The van der Waals surface area contributed by atoms with Crippen LogP contribution in [0, 0.1) is 0 Å². The summed E-state index contributed by atoms with van der Waals surface area (Å²) in [6, 6.07) is 3.93. The van der Waals surface area contributed by atoms with Gasteiger partial charge >= 0.3 is 0 Å². The van der Waals surface area contributed by atoms with E-state index in [1.165, 1.54) is 45.2 Å². The molecular formula is C24H41N5O3. The van der Waals surface area contributed by atoms with Crippen molar-refractivity contribution in [3.8, 4) is 17.2 Å². The van der Waals surface area contributed by atoms with Gasteiger partial charge in [0.2, 0.25) is 5.75 Å². The summed E-state index contributed by atoms with van der Waals surface area (Å²) in [5.41, 5.74) is 1.24. The summed E-state index contributed by atoms with van der Waals surface area (Å²) in [7, 11) is 8.94. The van der Waals surface area contributed by atoms with E-state index in [0.717, 1.165) is 31.2 Å². The molecule has 2 aliphatic rings. The number of hydrogen-bond acceptors (Lipinski definition) is 6. The first-order valence-electron chi connectivity index (χ1n) is 11.7. The Morgan fingerprint density at radius 2 is 1.56 bits per heavy atom. The minimum Gasteiger partial charge on any atom is -0.493 e. The Labute approximate surface area is 193 Å². The molecule has 32 heavy (non-hydrogen) atoms. The average Bonchev–Trinajstić information content (AvgIpc) is 2.85. The summed E-state index contributed by atoms with van der Waals surface area (Å²) < 4.78 is 16.4. The van der Waals surface area contributed by atoms with Crippen LogP contribution in [0.2, 0.25) is 0 Å². The maximum absolute atomic E-state index is 5.48. The van der Waals surface area contributed by atoms with Crippen LogP contribution in [0.5, 0.6) is 17.2 Å². The third-order valence-electron chi connectivity index (χ3n) is 6.94. The number of nitrogens with zero attached hydrogens (tertiary/aromatic N) is 3. The molecular weight excluding hydrogens is 406 g/mol. The molecule has 2 N–H and O–H groups in total. The van der Waals surface area contributed by atoms with Crippen molar-refractivity contribution in [2.45, 2.75) is 44.2 Å². The minimum absolute atomic E-state index is 0.205. The summed E-state index contributed by atoms with van der Waals surface area (Å²) >= 11 is 0. The molecule has 0 radical (unpaired) electrons. The Bertz CT molecular complexity index is 731. The van der Waals surface area contributed by atoms with Crippen molar-refractivity contribution < 1.29 is 14.2 Å². The van der Waals surface area contributed by atoms with Crippen LogP contribution in [0.1, 0.15) is 37.7 Å². The number of rotatable bonds is 8. The lowest BCUT2D eigenvalue weighted by Crippen LogP contribution is -2.62. The van der Waals surface area contributed by atoms with Crippen LogP contribution in [0.15, 0.2) is 17.1 Å². The van der Waals surface area contributed by atoms with Crippen LogP contribution in [-0.4, -0.2) is 89.4 Å². The number of aliphatic imine (C=N–C) groups is 1. The second-order valence-electron chi connectivity index (χ2n) is 8.89. The second-order valence-corrected chi connectivity index (χ2v) is 8.89. The van der Waals surface area contributed by atoms with E-state index in [1.54, 1.807) is 21.3 Å². The van der Waals surface area contributed by atoms with Crippen LogP contribution in [0.3, 0.4) is 0 Å². The fourth-order valence-corrected chi connectivity index (χ4v) is 4.90. The summed E-state index contributed by atoms with van der Waals surface area (Å²) in [5, 5.41) is 7.09. The highest BCUT2D eigenvalue weighted by Crippen LogP contribution is 2.38. The SMILES string of the molecule is CN=C(NCc1cc(OC)c(OC)c(OC)c1)NCC1(N2CCCCC2)CCN(C)CC1. The van der Waals surface area contributed by atoms with E-state index in [9.17, 15) is 0 Å². The molecule has 1 aromatic rings. The quantitative estimate of drug-likeness (QED) is 0.468. The standard InChI is InChI=1S/C24H41N5O3/c1-25-23(26-17-19-15-20(30-3)22(32-5)21(16-19)31-4)27-18-24(9-13-28(2)14-10-24)29-11-7-6-8-12-29/h15-16H,6-14,17-18H2,1-5H3,(H2,25,26,27). The number of guanidine groups is 1. The highest BCUT2D eigenvalue weighted by Gasteiger charge is 2.39. The van der Waals surface area contributed by atoms with Crippen molar-refractivity contribution in [1.82, 2.24) is 20.4 Å². The zero-order valence-electron chi connectivity index (χ0n) is 20.5. The molecule has 0 atom stereocenters. The van der Waals surface area contributed by atoms with Crippen molar-refractivity contribution in [3.63, 3.8) is 0 Å². The Kier molecular flexibility index (Phi) is 8.87. The van der Waals surface area contributed by atoms with Gasteiger partial charge in [-0.1, -0.05) is 6.42 Å². The lowest BCUT2D eigenvalue weighted by atomic mass is 9.84. The third-order valence-corrected chi connectivity index (χ3v) is 6.94. The molecule has 1 aromatic carbocycles. The number of piperidine rings is 2. The molecule has 2 fully saturated rings. The van der Waals surface area contributed by atoms with Crippen molar-refractivity contribution in [1.29, 1.82) is 0 Å². The lowest BCUT2D eigenvalue weighted by molar-refractivity contribution is 0.0173. The number of nitrogens with one attached hydrogen (secondary N) is 2. The number of methoxy groups -OCH3 is 3. The molecule has 0 unspecified atom stereocenters. The van der Waals surface area contributed by atoms with E-state index in [0.29, 0.717) is 23.8 Å². The van der Waals surface area contributed by atoms with Gasteiger partial charge in [0.25, 0.3) is 0 Å². The zero-order chi connectivity index (χ0) is 23.0. The summed E-state index contributed by atoms with van der Waals surface area (Å²) in [5.74, 6) is 2.73. The molecule has 0 aliphatic carbocycles. The molecule has 0 bridgehead atoms. The monoisotopic (exact) mass is 447 g/mol. The maximum atomic E-state index is 5.48. The van der Waals surface area contributed by atoms with Crippen molar-refractivity contribution in [2.24, 2.45) is 4.99 Å². The Hall–Kier alpha value is -2.19. The van der Waals surface area contributed by atoms with Gasteiger partial charge in [-0.05, 0) is 76.6 Å². The predicted molar refractivity (Wildman–Crippen MR) is 129 cm³/mol. The fourth-order valence-electron chi connectivity index (χ4n) is 4.90. The van der Waals surface area contributed by atoms with E-state index in [-0.39, 0.29) is 5.54 Å². The van der Waals surface area contributed by atoms with Gasteiger partial charge in [0.1, 0.15) is 0 Å². The van der Waals surface area contributed by atoms with Crippen LogP contribution < -0.4 is 24.8 Å². The maximum Gasteiger partial charge on any atom is 0.203 e. The van der Waals surface area contributed by atoms with Crippen molar-refractivity contribution >= 4 is 5.96 Å². The number of benzene rings is 1. The van der Waals surface area contributed by atoms with Gasteiger partial charge in [-0.15, -0.1) is 0 Å². The van der Waals surface area contributed by atoms with Gasteiger partial charge < -0.3 is 29.7 Å².